The van der Waals surface area contributed by atoms with E-state index in [2.05, 4.69) is 15.9 Å². The lowest BCUT2D eigenvalue weighted by molar-refractivity contribution is -0.136. The van der Waals surface area contributed by atoms with Crippen LogP contribution in [0.4, 0.5) is 0 Å². The topological polar surface area (TPSA) is 92.5 Å². The number of ether oxygens (including phenoxy) is 1. The minimum atomic E-state index is -0.883. The molecule has 0 saturated heterocycles. The van der Waals surface area contributed by atoms with Crippen molar-refractivity contribution in [2.45, 2.75) is 46.1 Å². The van der Waals surface area contributed by atoms with Gasteiger partial charge in [0.25, 0.3) is 0 Å². The maximum absolute atomic E-state index is 11.7. The van der Waals surface area contributed by atoms with Gasteiger partial charge in [-0.15, -0.1) is 6.42 Å². The molecule has 0 spiro atoms. The Hall–Kier alpha value is -3.95. The van der Waals surface area contributed by atoms with Crippen molar-refractivity contribution < 1.29 is 19.7 Å². The molecule has 0 saturated carbocycles. The fourth-order valence-electron chi connectivity index (χ4n) is 4.32. The summed E-state index contributed by atoms with van der Waals surface area (Å²) in [5.41, 5.74) is 6.11. The molecule has 0 aliphatic carbocycles. The van der Waals surface area contributed by atoms with E-state index < -0.39 is 11.6 Å². The molecule has 4 aromatic rings. The monoisotopic (exact) mass is 468 g/mol. The first-order chi connectivity index (χ1) is 16.6. The molecular formula is C29H28N2O4. The molecule has 5 rings (SSSR count). The molecule has 0 radical (unpaired) electrons. The normalized spacial score (nSPS) is 12.5. The first-order valence-electron chi connectivity index (χ1n) is 11.4. The number of nitrogens with zero attached hydrogens (tertiary/aromatic N) is 2. The van der Waals surface area contributed by atoms with Crippen molar-refractivity contribution in [3.05, 3.63) is 65.0 Å². The van der Waals surface area contributed by atoms with Gasteiger partial charge in [0, 0.05) is 29.0 Å². The van der Waals surface area contributed by atoms with Gasteiger partial charge in [0.05, 0.1) is 29.7 Å². The zero-order valence-corrected chi connectivity index (χ0v) is 20.3. The molecule has 6 heteroatoms. The Morgan fingerprint density at radius 3 is 2.63 bits per heavy atom. The van der Waals surface area contributed by atoms with E-state index in [1.807, 2.05) is 37.3 Å². The third-order valence-corrected chi connectivity index (χ3v) is 5.64. The lowest BCUT2D eigenvalue weighted by Crippen LogP contribution is -2.10. The van der Waals surface area contributed by atoms with Crippen LogP contribution >= 0.6 is 0 Å². The van der Waals surface area contributed by atoms with Crippen molar-refractivity contribution in [1.29, 1.82) is 0 Å². The molecule has 1 aliphatic heterocycles. The third-order valence-electron chi connectivity index (χ3n) is 5.64. The van der Waals surface area contributed by atoms with E-state index in [1.165, 1.54) is 5.56 Å². The van der Waals surface area contributed by atoms with Crippen molar-refractivity contribution in [3.63, 3.8) is 0 Å². The maximum atomic E-state index is 11.7. The van der Waals surface area contributed by atoms with Gasteiger partial charge in [0.2, 0.25) is 0 Å². The van der Waals surface area contributed by atoms with E-state index in [4.69, 9.17) is 16.3 Å². The van der Waals surface area contributed by atoms with Crippen molar-refractivity contribution in [1.82, 2.24) is 9.97 Å². The number of fused-ring (bicyclic) bond motifs is 1. The van der Waals surface area contributed by atoms with Crippen LogP contribution in [0.25, 0.3) is 32.9 Å². The summed E-state index contributed by atoms with van der Waals surface area (Å²) in [5.74, 6) is 2.50. The summed E-state index contributed by atoms with van der Waals surface area (Å²) in [7, 11) is 0. The highest BCUT2D eigenvalue weighted by Crippen LogP contribution is 2.42. The molecule has 0 amide bonds. The number of rotatable bonds is 3. The number of benzene rings is 2. The number of hydrogen-bond donors (Lipinski definition) is 2. The second kappa shape index (κ2) is 9.36. The fraction of sp³-hybridized carbons (Fsp3) is 0.276. The number of aromatic nitrogens is 2. The van der Waals surface area contributed by atoms with E-state index in [9.17, 15) is 9.90 Å². The Bertz CT molecular complexity index is 1480. The number of aryl methyl sites for hydroxylation is 1. The number of carboxylic acids is 1. The quantitative estimate of drug-likeness (QED) is 0.408. The summed E-state index contributed by atoms with van der Waals surface area (Å²) < 4.78 is 5.85. The Morgan fingerprint density at radius 1 is 1.20 bits per heavy atom. The summed E-state index contributed by atoms with van der Waals surface area (Å²) in [6.45, 7) is 7.78. The molecule has 0 unspecified atom stereocenters. The van der Waals surface area contributed by atoms with Gasteiger partial charge < -0.3 is 14.9 Å². The van der Waals surface area contributed by atoms with Crippen LogP contribution in [0.1, 0.15) is 43.2 Å². The Labute approximate surface area is 204 Å². The largest absolute Gasteiger partial charge is 0.493 e. The van der Waals surface area contributed by atoms with E-state index in [-0.39, 0.29) is 6.42 Å². The van der Waals surface area contributed by atoms with Gasteiger partial charge in [0.15, 0.2) is 0 Å². The highest BCUT2D eigenvalue weighted by atomic mass is 16.5. The van der Waals surface area contributed by atoms with E-state index >= 15 is 0 Å². The average Bonchev–Trinajstić information content (AvgIpc) is 2.79. The minimum absolute atomic E-state index is 0.0898. The van der Waals surface area contributed by atoms with Crippen molar-refractivity contribution in [3.8, 4) is 29.2 Å². The molecule has 1 aliphatic rings. The smallest absolute Gasteiger partial charge is 0.307 e. The van der Waals surface area contributed by atoms with Crippen LogP contribution in [0.3, 0.4) is 0 Å². The van der Waals surface area contributed by atoms with Crippen LogP contribution in [0.2, 0.25) is 0 Å². The second-order valence-electron chi connectivity index (χ2n) is 9.60. The summed E-state index contributed by atoms with van der Waals surface area (Å²) in [5, 5.41) is 20.0. The zero-order valence-electron chi connectivity index (χ0n) is 20.3. The van der Waals surface area contributed by atoms with Crippen LogP contribution in [0.15, 0.2) is 42.6 Å². The molecule has 0 fully saturated rings. The van der Waals surface area contributed by atoms with Gasteiger partial charge in [0.1, 0.15) is 11.4 Å². The van der Waals surface area contributed by atoms with Crippen LogP contribution in [-0.2, 0) is 17.6 Å². The first-order valence-corrected chi connectivity index (χ1v) is 11.4. The maximum Gasteiger partial charge on any atom is 0.307 e. The van der Waals surface area contributed by atoms with Crippen LogP contribution in [0, 0.1) is 19.3 Å². The summed E-state index contributed by atoms with van der Waals surface area (Å²) in [6, 6.07) is 11.5. The molecule has 2 N–H and O–H groups in total. The van der Waals surface area contributed by atoms with E-state index in [0.29, 0.717) is 12.3 Å². The van der Waals surface area contributed by atoms with Crippen molar-refractivity contribution in [2.24, 2.45) is 0 Å². The minimum Gasteiger partial charge on any atom is -0.493 e. The molecule has 3 heterocycles. The Balaban J connectivity index is 0.000000527. The number of aliphatic carboxylic acids is 1. The summed E-state index contributed by atoms with van der Waals surface area (Å²) >= 11 is 0. The van der Waals surface area contributed by atoms with Gasteiger partial charge >= 0.3 is 5.97 Å². The Kier molecular flexibility index (Phi) is 6.47. The molecule has 35 heavy (non-hydrogen) atoms. The molecule has 0 atom stereocenters. The second-order valence-corrected chi connectivity index (χ2v) is 9.60. The Morgan fingerprint density at radius 2 is 1.94 bits per heavy atom. The number of pyridine rings is 2. The van der Waals surface area contributed by atoms with Gasteiger partial charge in [-0.3, -0.25) is 9.78 Å². The van der Waals surface area contributed by atoms with Crippen LogP contribution in [-0.4, -0.2) is 38.4 Å². The fourth-order valence-corrected chi connectivity index (χ4v) is 4.32. The molecule has 6 nitrogen and oxygen atoms in total. The number of carbonyl (C=O) groups is 1. The number of terminal acetylenes is 1. The lowest BCUT2D eigenvalue weighted by Gasteiger charge is -2.21. The number of carboxylic acid groups (broad SMARTS) is 1. The predicted octanol–water partition coefficient (Wildman–Crippen LogP) is 5.08. The number of aliphatic hydroxyl groups is 1. The molecule has 0 bridgehead atoms. The SMILES string of the molecule is C#Cc1ccc2c(-c3ccc4c5c(ccnc35)CCO4)c(CC(=O)O)c(C)cc2n1.CC(C)(C)O. The summed E-state index contributed by atoms with van der Waals surface area (Å²) in [4.78, 5) is 20.9. The van der Waals surface area contributed by atoms with Crippen LogP contribution < -0.4 is 4.74 Å². The van der Waals surface area contributed by atoms with Gasteiger partial charge in [-0.05, 0) is 86.3 Å². The van der Waals surface area contributed by atoms with E-state index in [1.54, 1.807) is 33.0 Å². The predicted molar refractivity (Wildman–Crippen MR) is 138 cm³/mol. The lowest BCUT2D eigenvalue weighted by atomic mass is 9.88. The first kappa shape index (κ1) is 24.2. The van der Waals surface area contributed by atoms with Gasteiger partial charge in [-0.2, -0.15) is 0 Å². The third kappa shape index (κ3) is 5.11. The van der Waals surface area contributed by atoms with E-state index in [0.717, 1.165) is 56.2 Å². The highest BCUT2D eigenvalue weighted by molar-refractivity contribution is 6.07. The standard InChI is InChI=1S/C25H18N2O3.C4H10O/c1-3-16-4-5-17-20(27-16)12-14(2)19(13-22(28)29)24(17)18-6-7-21-23-15(9-11-30-21)8-10-26-25(18)23;1-4(2,3)5/h1,4-8,10,12H,9,11,13H2,2H3,(H,28,29);5H,1-3H3. The van der Waals surface area contributed by atoms with Crippen molar-refractivity contribution in [2.75, 3.05) is 6.61 Å². The van der Waals surface area contributed by atoms with Crippen LogP contribution in [0.5, 0.6) is 5.75 Å². The number of hydrogen-bond acceptors (Lipinski definition) is 5. The van der Waals surface area contributed by atoms with Gasteiger partial charge in [-0.25, -0.2) is 4.98 Å². The molecule has 178 valence electrons. The zero-order chi connectivity index (χ0) is 25.3. The summed E-state index contributed by atoms with van der Waals surface area (Å²) in [6.07, 6.45) is 8.07. The average molecular weight is 469 g/mol. The molecular weight excluding hydrogens is 440 g/mol. The molecule has 2 aromatic carbocycles. The molecule has 2 aromatic heterocycles. The highest BCUT2D eigenvalue weighted by Gasteiger charge is 2.22. The van der Waals surface area contributed by atoms with Crippen molar-refractivity contribution >= 4 is 27.8 Å². The van der Waals surface area contributed by atoms with Gasteiger partial charge in [-0.1, -0.05) is 5.92 Å².